The van der Waals surface area contributed by atoms with Crippen molar-refractivity contribution < 1.29 is 26.4 Å². The number of alkyl halides is 3. The molecule has 0 saturated heterocycles. The Morgan fingerprint density at radius 3 is 2.20 bits per heavy atom. The number of para-hydroxylation sites is 1. The van der Waals surface area contributed by atoms with E-state index in [0.717, 1.165) is 12.1 Å². The van der Waals surface area contributed by atoms with Crippen molar-refractivity contribution in [3.05, 3.63) is 89.5 Å². The van der Waals surface area contributed by atoms with Crippen molar-refractivity contribution in [1.82, 2.24) is 0 Å². The number of hydrogen-bond acceptors (Lipinski definition) is 3. The highest BCUT2D eigenvalue weighted by Gasteiger charge is 2.30. The van der Waals surface area contributed by atoms with E-state index in [0.29, 0.717) is 11.3 Å². The van der Waals surface area contributed by atoms with Crippen LogP contribution in [0.15, 0.2) is 77.7 Å². The van der Waals surface area contributed by atoms with Crippen LogP contribution in [-0.4, -0.2) is 14.3 Å². The number of nitrogens with one attached hydrogen (secondary N) is 2. The smallest absolute Gasteiger partial charge is 0.322 e. The molecule has 30 heavy (non-hydrogen) atoms. The summed E-state index contributed by atoms with van der Waals surface area (Å²) >= 11 is 0. The molecule has 0 unspecified atom stereocenters. The Labute approximate surface area is 171 Å². The molecule has 0 bridgehead atoms. The molecule has 0 heterocycles. The zero-order valence-corrected chi connectivity index (χ0v) is 16.5. The van der Waals surface area contributed by atoms with Crippen LogP contribution in [0.25, 0.3) is 0 Å². The number of halogens is 3. The molecule has 3 aromatic rings. The number of benzene rings is 3. The van der Waals surface area contributed by atoms with Crippen LogP contribution in [0.1, 0.15) is 21.5 Å². The number of aryl methyl sites for hydroxylation is 1. The van der Waals surface area contributed by atoms with Gasteiger partial charge < -0.3 is 5.32 Å². The van der Waals surface area contributed by atoms with E-state index in [1.165, 1.54) is 30.3 Å². The Morgan fingerprint density at radius 2 is 1.53 bits per heavy atom. The Hall–Kier alpha value is -3.33. The Kier molecular flexibility index (Phi) is 5.84. The molecule has 2 N–H and O–H groups in total. The zero-order valence-electron chi connectivity index (χ0n) is 15.7. The van der Waals surface area contributed by atoms with E-state index in [2.05, 4.69) is 10.0 Å². The van der Waals surface area contributed by atoms with Crippen molar-refractivity contribution in [1.29, 1.82) is 0 Å². The molecular formula is C21H17F3N2O3S. The molecule has 3 aromatic carbocycles. The van der Waals surface area contributed by atoms with Crippen LogP contribution in [-0.2, 0) is 16.2 Å². The van der Waals surface area contributed by atoms with Crippen molar-refractivity contribution in [3.8, 4) is 0 Å². The largest absolute Gasteiger partial charge is 0.416 e. The monoisotopic (exact) mass is 434 g/mol. The van der Waals surface area contributed by atoms with Crippen molar-refractivity contribution in [2.24, 2.45) is 0 Å². The van der Waals surface area contributed by atoms with Gasteiger partial charge in [0.05, 0.1) is 10.5 Å². The molecule has 156 valence electrons. The molecule has 0 aliphatic rings. The highest BCUT2D eigenvalue weighted by atomic mass is 32.2. The summed E-state index contributed by atoms with van der Waals surface area (Å²) in [5.74, 6) is -0.719. The molecule has 0 fully saturated rings. The maximum atomic E-state index is 12.9. The van der Waals surface area contributed by atoms with E-state index in [9.17, 15) is 26.4 Å². The summed E-state index contributed by atoms with van der Waals surface area (Å²) in [5.41, 5.74) is -0.0974. The van der Waals surface area contributed by atoms with Crippen molar-refractivity contribution in [3.63, 3.8) is 0 Å². The first-order valence-corrected chi connectivity index (χ1v) is 10.2. The second kappa shape index (κ2) is 8.19. The fraction of sp³-hybridized carbons (Fsp3) is 0.0952. The summed E-state index contributed by atoms with van der Waals surface area (Å²) in [6, 6.07) is 16.4. The van der Waals surface area contributed by atoms with Gasteiger partial charge in [0.2, 0.25) is 0 Å². The van der Waals surface area contributed by atoms with Crippen LogP contribution >= 0.6 is 0 Å². The van der Waals surface area contributed by atoms with Crippen LogP contribution in [0, 0.1) is 6.92 Å². The van der Waals surface area contributed by atoms with Gasteiger partial charge in [-0.3, -0.25) is 9.52 Å². The maximum Gasteiger partial charge on any atom is 0.416 e. The van der Waals surface area contributed by atoms with Gasteiger partial charge >= 0.3 is 6.18 Å². The second-order valence-corrected chi connectivity index (χ2v) is 8.16. The molecule has 9 heteroatoms. The van der Waals surface area contributed by atoms with Gasteiger partial charge in [-0.2, -0.15) is 13.2 Å². The van der Waals surface area contributed by atoms with Crippen molar-refractivity contribution >= 4 is 27.3 Å². The second-order valence-electron chi connectivity index (χ2n) is 6.48. The Morgan fingerprint density at radius 1 is 0.867 bits per heavy atom. The van der Waals surface area contributed by atoms with Gasteiger partial charge in [-0.15, -0.1) is 0 Å². The van der Waals surface area contributed by atoms with E-state index >= 15 is 0 Å². The third kappa shape index (κ3) is 4.98. The van der Waals surface area contributed by atoms with Crippen LogP contribution in [0.4, 0.5) is 24.5 Å². The van der Waals surface area contributed by atoms with Gasteiger partial charge in [0, 0.05) is 16.9 Å². The standard InChI is InChI=1S/C21H17F3N2O3S/c1-14-10-11-18(30(28,29)26-16-7-3-2-4-8-16)13-19(14)20(27)25-17-9-5-6-15(12-17)21(22,23)24/h2-13,26H,1H3,(H,25,27). The molecule has 0 aliphatic heterocycles. The quantitative estimate of drug-likeness (QED) is 0.589. The lowest BCUT2D eigenvalue weighted by Gasteiger charge is -2.13. The Bertz CT molecular complexity index is 1180. The highest BCUT2D eigenvalue weighted by Crippen LogP contribution is 2.31. The van der Waals surface area contributed by atoms with E-state index in [-0.39, 0.29) is 16.1 Å². The molecule has 0 atom stereocenters. The molecule has 0 aromatic heterocycles. The number of carbonyl (C=O) groups is 1. The molecular weight excluding hydrogens is 417 g/mol. The molecule has 1 amide bonds. The number of rotatable bonds is 5. The zero-order chi connectivity index (χ0) is 21.9. The van der Waals surface area contributed by atoms with Gasteiger partial charge in [0.25, 0.3) is 15.9 Å². The molecule has 3 rings (SSSR count). The lowest BCUT2D eigenvalue weighted by molar-refractivity contribution is -0.137. The number of carbonyl (C=O) groups excluding carboxylic acids is 1. The van der Waals surface area contributed by atoms with Crippen LogP contribution in [0.3, 0.4) is 0 Å². The first kappa shape index (κ1) is 21.4. The van der Waals surface area contributed by atoms with E-state index < -0.39 is 27.7 Å². The predicted molar refractivity (Wildman–Crippen MR) is 108 cm³/mol. The fourth-order valence-electron chi connectivity index (χ4n) is 2.70. The summed E-state index contributed by atoms with van der Waals surface area (Å²) < 4.78 is 66.3. The van der Waals surface area contributed by atoms with Crippen molar-refractivity contribution in [2.75, 3.05) is 10.0 Å². The van der Waals surface area contributed by atoms with Gasteiger partial charge in [-0.1, -0.05) is 30.3 Å². The number of anilines is 2. The van der Waals surface area contributed by atoms with Crippen LogP contribution in [0.2, 0.25) is 0 Å². The first-order valence-electron chi connectivity index (χ1n) is 8.73. The SMILES string of the molecule is Cc1ccc(S(=O)(=O)Nc2ccccc2)cc1C(=O)Nc1cccc(C(F)(F)F)c1. The average molecular weight is 434 g/mol. The molecule has 0 radical (unpaired) electrons. The summed E-state index contributed by atoms with van der Waals surface area (Å²) in [4.78, 5) is 12.5. The van der Waals surface area contributed by atoms with Gasteiger partial charge in [0.15, 0.2) is 0 Å². The number of amides is 1. The minimum atomic E-state index is -4.55. The third-order valence-electron chi connectivity index (χ3n) is 4.24. The van der Waals surface area contributed by atoms with Crippen LogP contribution in [0.5, 0.6) is 0 Å². The molecule has 0 spiro atoms. The van der Waals surface area contributed by atoms with Crippen molar-refractivity contribution in [2.45, 2.75) is 18.0 Å². The summed E-state index contributed by atoms with van der Waals surface area (Å²) in [7, 11) is -3.96. The topological polar surface area (TPSA) is 75.3 Å². The molecule has 0 saturated carbocycles. The maximum absolute atomic E-state index is 12.9. The molecule has 0 aliphatic carbocycles. The summed E-state index contributed by atoms with van der Waals surface area (Å²) in [5, 5.41) is 2.39. The van der Waals surface area contributed by atoms with E-state index in [4.69, 9.17) is 0 Å². The normalized spacial score (nSPS) is 11.7. The van der Waals surface area contributed by atoms with Gasteiger partial charge in [-0.05, 0) is 55.0 Å². The van der Waals surface area contributed by atoms with Gasteiger partial charge in [0.1, 0.15) is 0 Å². The highest BCUT2D eigenvalue weighted by molar-refractivity contribution is 7.92. The van der Waals surface area contributed by atoms with E-state index in [1.54, 1.807) is 37.3 Å². The average Bonchev–Trinajstić information content (AvgIpc) is 2.68. The lowest BCUT2D eigenvalue weighted by Crippen LogP contribution is -2.17. The predicted octanol–water partition coefficient (Wildman–Crippen LogP) is 5.07. The lowest BCUT2D eigenvalue weighted by atomic mass is 10.1. The van der Waals surface area contributed by atoms with E-state index in [1.807, 2.05) is 0 Å². The summed E-state index contributed by atoms with van der Waals surface area (Å²) in [6.07, 6.45) is -4.55. The fourth-order valence-corrected chi connectivity index (χ4v) is 3.79. The Balaban J connectivity index is 1.87. The minimum Gasteiger partial charge on any atom is -0.322 e. The third-order valence-corrected chi connectivity index (χ3v) is 5.62. The first-order chi connectivity index (χ1) is 14.1. The van der Waals surface area contributed by atoms with Gasteiger partial charge in [-0.25, -0.2) is 8.42 Å². The summed E-state index contributed by atoms with van der Waals surface area (Å²) in [6.45, 7) is 1.60. The van der Waals surface area contributed by atoms with Crippen LogP contribution < -0.4 is 10.0 Å². The molecule has 5 nitrogen and oxygen atoms in total. The number of hydrogen-bond donors (Lipinski definition) is 2. The number of sulfonamides is 1. The minimum absolute atomic E-state index is 0.0309.